The maximum atomic E-state index is 13.0. The van der Waals surface area contributed by atoms with E-state index in [1.807, 2.05) is 41.5 Å². The van der Waals surface area contributed by atoms with Gasteiger partial charge in [-0.15, -0.1) is 0 Å². The lowest BCUT2D eigenvalue weighted by Crippen LogP contribution is -2.58. The SMILES string of the molecule is CC(C)(C)OC(=O)N1CCC(Cc2ccc(C(C)(C)C)cc2)(NS(=O)C(C)(C)C)CC1. The van der Waals surface area contributed by atoms with E-state index in [-0.39, 0.29) is 21.8 Å². The molecule has 1 unspecified atom stereocenters. The average molecular weight is 451 g/mol. The van der Waals surface area contributed by atoms with Crippen LogP contribution in [-0.2, 0) is 27.6 Å². The topological polar surface area (TPSA) is 58.6 Å². The summed E-state index contributed by atoms with van der Waals surface area (Å²) < 4.78 is 21.7. The highest BCUT2D eigenvalue weighted by Gasteiger charge is 2.40. The molecule has 1 aliphatic heterocycles. The van der Waals surface area contributed by atoms with E-state index >= 15 is 0 Å². The normalized spacial score (nSPS) is 18.5. The Morgan fingerprint density at radius 1 is 1.00 bits per heavy atom. The van der Waals surface area contributed by atoms with Crippen molar-refractivity contribution in [2.24, 2.45) is 0 Å². The van der Waals surface area contributed by atoms with Gasteiger partial charge in [0.15, 0.2) is 0 Å². The average Bonchev–Trinajstić information content (AvgIpc) is 2.59. The Labute approximate surface area is 191 Å². The number of likely N-dealkylation sites (tertiary alicyclic amines) is 1. The Kier molecular flexibility index (Phi) is 7.69. The number of ether oxygens (including phenoxy) is 1. The van der Waals surface area contributed by atoms with E-state index in [4.69, 9.17) is 4.74 Å². The summed E-state index contributed by atoms with van der Waals surface area (Å²) in [6, 6.07) is 8.76. The van der Waals surface area contributed by atoms with Gasteiger partial charge in [0.25, 0.3) is 0 Å². The summed E-state index contributed by atoms with van der Waals surface area (Å²) in [6.07, 6.45) is 1.97. The van der Waals surface area contributed by atoms with Crippen molar-refractivity contribution in [3.05, 3.63) is 35.4 Å². The van der Waals surface area contributed by atoms with Crippen molar-refractivity contribution < 1.29 is 13.7 Å². The van der Waals surface area contributed by atoms with Gasteiger partial charge in [-0.25, -0.2) is 13.7 Å². The molecule has 1 aromatic carbocycles. The van der Waals surface area contributed by atoms with E-state index in [0.29, 0.717) is 13.1 Å². The quantitative estimate of drug-likeness (QED) is 0.673. The van der Waals surface area contributed by atoms with Gasteiger partial charge in [-0.2, -0.15) is 0 Å². The Morgan fingerprint density at radius 3 is 1.94 bits per heavy atom. The molecule has 1 aliphatic rings. The molecule has 0 saturated carbocycles. The van der Waals surface area contributed by atoms with E-state index in [9.17, 15) is 9.00 Å². The summed E-state index contributed by atoms with van der Waals surface area (Å²) in [6.45, 7) is 19.4. The molecule has 176 valence electrons. The molecule has 1 N–H and O–H groups in total. The molecule has 1 atom stereocenters. The van der Waals surface area contributed by atoms with Crippen molar-refractivity contribution in [2.75, 3.05) is 13.1 Å². The van der Waals surface area contributed by atoms with E-state index in [0.717, 1.165) is 19.3 Å². The zero-order valence-corrected chi connectivity index (χ0v) is 21.7. The van der Waals surface area contributed by atoms with E-state index in [1.165, 1.54) is 11.1 Å². The van der Waals surface area contributed by atoms with Crippen LogP contribution in [0.25, 0.3) is 0 Å². The van der Waals surface area contributed by atoms with Crippen molar-refractivity contribution in [3.63, 3.8) is 0 Å². The summed E-state index contributed by atoms with van der Waals surface area (Å²) in [7, 11) is -1.19. The molecule has 0 aliphatic carbocycles. The Bertz CT molecular complexity index is 775. The number of carbonyl (C=O) groups excluding carboxylic acids is 1. The van der Waals surface area contributed by atoms with Crippen LogP contribution >= 0.6 is 0 Å². The first-order valence-electron chi connectivity index (χ1n) is 11.3. The first kappa shape index (κ1) is 25.9. The van der Waals surface area contributed by atoms with Crippen LogP contribution in [0.3, 0.4) is 0 Å². The van der Waals surface area contributed by atoms with Gasteiger partial charge in [-0.05, 0) is 77.3 Å². The van der Waals surface area contributed by atoms with Gasteiger partial charge in [0.2, 0.25) is 0 Å². The van der Waals surface area contributed by atoms with Crippen LogP contribution in [-0.4, -0.2) is 44.2 Å². The maximum Gasteiger partial charge on any atom is 0.410 e. The first-order valence-corrected chi connectivity index (χ1v) is 12.4. The van der Waals surface area contributed by atoms with Gasteiger partial charge in [0.05, 0.1) is 15.7 Å². The van der Waals surface area contributed by atoms with Gasteiger partial charge in [-0.1, -0.05) is 45.0 Å². The molecule has 6 heteroatoms. The van der Waals surface area contributed by atoms with Crippen LogP contribution in [0.1, 0.15) is 86.3 Å². The number of nitrogens with one attached hydrogen (secondary N) is 1. The van der Waals surface area contributed by atoms with Gasteiger partial charge < -0.3 is 9.64 Å². The minimum Gasteiger partial charge on any atom is -0.444 e. The minimum absolute atomic E-state index is 0.112. The summed E-state index contributed by atoms with van der Waals surface area (Å²) in [5.41, 5.74) is 1.81. The van der Waals surface area contributed by atoms with Crippen LogP contribution in [0, 0.1) is 0 Å². The van der Waals surface area contributed by atoms with Gasteiger partial charge in [0, 0.05) is 18.6 Å². The molecule has 1 amide bonds. The molecule has 1 aromatic rings. The van der Waals surface area contributed by atoms with Crippen LogP contribution in [0.4, 0.5) is 4.79 Å². The Morgan fingerprint density at radius 2 is 1.52 bits per heavy atom. The highest BCUT2D eigenvalue weighted by Crippen LogP contribution is 2.31. The van der Waals surface area contributed by atoms with E-state index in [2.05, 4.69) is 49.8 Å². The molecule has 0 bridgehead atoms. The third-order valence-electron chi connectivity index (χ3n) is 5.60. The fourth-order valence-corrected chi connectivity index (χ4v) is 4.60. The minimum atomic E-state index is -1.19. The third-order valence-corrected chi connectivity index (χ3v) is 7.33. The lowest BCUT2D eigenvalue weighted by molar-refractivity contribution is 0.0161. The second kappa shape index (κ2) is 9.22. The molecule has 0 aromatic heterocycles. The molecule has 31 heavy (non-hydrogen) atoms. The Hall–Kier alpha value is -1.40. The Balaban J connectivity index is 2.20. The van der Waals surface area contributed by atoms with Crippen LogP contribution in [0.5, 0.6) is 0 Å². The van der Waals surface area contributed by atoms with Crippen molar-refractivity contribution in [3.8, 4) is 0 Å². The zero-order valence-electron chi connectivity index (χ0n) is 20.9. The van der Waals surface area contributed by atoms with Crippen LogP contribution in [0.15, 0.2) is 24.3 Å². The van der Waals surface area contributed by atoms with E-state index in [1.54, 1.807) is 4.90 Å². The monoisotopic (exact) mass is 450 g/mol. The summed E-state index contributed by atoms with van der Waals surface area (Å²) in [4.78, 5) is 14.3. The largest absolute Gasteiger partial charge is 0.444 e. The number of benzene rings is 1. The van der Waals surface area contributed by atoms with Gasteiger partial charge in [-0.3, -0.25) is 0 Å². The second-order valence-electron chi connectivity index (χ2n) is 11.9. The highest BCUT2D eigenvalue weighted by molar-refractivity contribution is 7.84. The molecule has 2 rings (SSSR count). The number of rotatable bonds is 4. The van der Waals surface area contributed by atoms with Gasteiger partial charge >= 0.3 is 6.09 Å². The fourth-order valence-electron chi connectivity index (χ4n) is 3.62. The van der Waals surface area contributed by atoms with Crippen LogP contribution < -0.4 is 4.72 Å². The molecular formula is C25H42N2O3S. The number of amides is 1. The number of hydrogen-bond acceptors (Lipinski definition) is 3. The molecule has 1 fully saturated rings. The lowest BCUT2D eigenvalue weighted by Gasteiger charge is -2.43. The first-order chi connectivity index (χ1) is 14.0. The van der Waals surface area contributed by atoms with Crippen molar-refractivity contribution in [1.29, 1.82) is 0 Å². The summed E-state index contributed by atoms with van der Waals surface area (Å²) in [5, 5.41) is 0. The summed E-state index contributed by atoms with van der Waals surface area (Å²) in [5.74, 6) is 0. The predicted molar refractivity (Wildman–Crippen MR) is 130 cm³/mol. The number of piperidine rings is 1. The van der Waals surface area contributed by atoms with Crippen LogP contribution in [0.2, 0.25) is 0 Å². The van der Waals surface area contributed by atoms with Crippen molar-refractivity contribution >= 4 is 17.1 Å². The molecule has 0 spiro atoms. The van der Waals surface area contributed by atoms with Crippen molar-refractivity contribution in [1.82, 2.24) is 9.62 Å². The predicted octanol–water partition coefficient (Wildman–Crippen LogP) is 5.35. The zero-order chi connectivity index (χ0) is 23.7. The molecule has 1 heterocycles. The molecular weight excluding hydrogens is 408 g/mol. The summed E-state index contributed by atoms with van der Waals surface area (Å²) >= 11 is 0. The molecule has 0 radical (unpaired) electrons. The molecule has 5 nitrogen and oxygen atoms in total. The smallest absolute Gasteiger partial charge is 0.410 e. The van der Waals surface area contributed by atoms with Crippen molar-refractivity contribution in [2.45, 2.75) is 103 Å². The number of hydrogen-bond donors (Lipinski definition) is 1. The van der Waals surface area contributed by atoms with Gasteiger partial charge in [0.1, 0.15) is 5.60 Å². The number of nitrogens with zero attached hydrogens (tertiary/aromatic N) is 1. The second-order valence-corrected chi connectivity index (χ2v) is 13.8. The van der Waals surface area contributed by atoms with E-state index < -0.39 is 16.6 Å². The number of carbonyl (C=O) groups is 1. The third kappa shape index (κ3) is 7.60. The lowest BCUT2D eigenvalue weighted by atomic mass is 9.81. The highest BCUT2D eigenvalue weighted by atomic mass is 32.2. The maximum absolute atomic E-state index is 13.0. The standard InChI is InChI=1S/C25H42N2O3S/c1-22(2,3)20-12-10-19(11-13-20)18-25(26-31(29)24(7,8)9)14-16-27(17-15-25)21(28)30-23(4,5)6/h10-13,26H,14-18H2,1-9H3. The molecule has 1 saturated heterocycles. The fraction of sp³-hybridized carbons (Fsp3) is 0.720.